The standard InChI is InChI=1S/C16H19N3OS/c1-3-13-9-18-16(21-13)10(2)19-15(20)12-5-4-11-6-7-17-14(11)8-12/h4-5,8-10,17H,3,6-7H2,1-2H3,(H,19,20). The molecule has 0 bridgehead atoms. The van der Waals surface area contributed by atoms with E-state index in [2.05, 4.69) is 22.5 Å². The van der Waals surface area contributed by atoms with Crippen molar-refractivity contribution in [3.05, 3.63) is 45.4 Å². The number of hydrogen-bond acceptors (Lipinski definition) is 4. The van der Waals surface area contributed by atoms with E-state index in [1.54, 1.807) is 11.3 Å². The van der Waals surface area contributed by atoms with Gasteiger partial charge in [0.2, 0.25) is 0 Å². The van der Waals surface area contributed by atoms with E-state index in [1.807, 2.05) is 31.3 Å². The van der Waals surface area contributed by atoms with Crippen LogP contribution < -0.4 is 10.6 Å². The molecule has 1 unspecified atom stereocenters. The van der Waals surface area contributed by atoms with E-state index in [4.69, 9.17) is 0 Å². The Kier molecular flexibility index (Phi) is 3.92. The molecule has 0 saturated heterocycles. The maximum Gasteiger partial charge on any atom is 0.251 e. The fraction of sp³-hybridized carbons (Fsp3) is 0.375. The molecule has 2 N–H and O–H groups in total. The molecule has 2 aromatic rings. The first-order valence-electron chi connectivity index (χ1n) is 7.29. The van der Waals surface area contributed by atoms with Crippen molar-refractivity contribution >= 4 is 22.9 Å². The molecule has 0 fully saturated rings. The molecule has 2 heterocycles. The Morgan fingerprint density at radius 3 is 3.14 bits per heavy atom. The number of carbonyl (C=O) groups is 1. The molecule has 1 aliphatic heterocycles. The van der Waals surface area contributed by atoms with Crippen LogP contribution in [0.1, 0.15) is 45.7 Å². The van der Waals surface area contributed by atoms with Crippen LogP contribution in [0.2, 0.25) is 0 Å². The van der Waals surface area contributed by atoms with Gasteiger partial charge in [-0.3, -0.25) is 4.79 Å². The Balaban J connectivity index is 1.70. The van der Waals surface area contributed by atoms with Crippen LogP contribution >= 0.6 is 11.3 Å². The summed E-state index contributed by atoms with van der Waals surface area (Å²) in [7, 11) is 0. The molecule has 110 valence electrons. The maximum atomic E-state index is 12.3. The van der Waals surface area contributed by atoms with Crippen LogP contribution in [0.5, 0.6) is 0 Å². The largest absolute Gasteiger partial charge is 0.384 e. The van der Waals surface area contributed by atoms with Gasteiger partial charge >= 0.3 is 0 Å². The zero-order chi connectivity index (χ0) is 14.8. The molecule has 21 heavy (non-hydrogen) atoms. The molecule has 0 saturated carbocycles. The van der Waals surface area contributed by atoms with Gasteiger partial charge in [0.05, 0.1) is 6.04 Å². The average molecular weight is 301 g/mol. The van der Waals surface area contributed by atoms with Gasteiger partial charge < -0.3 is 10.6 Å². The molecule has 1 aromatic carbocycles. The highest BCUT2D eigenvalue weighted by molar-refractivity contribution is 7.11. The van der Waals surface area contributed by atoms with Crippen LogP contribution in [-0.2, 0) is 12.8 Å². The number of benzene rings is 1. The smallest absolute Gasteiger partial charge is 0.251 e. The van der Waals surface area contributed by atoms with Gasteiger partial charge in [-0.05, 0) is 37.5 Å². The lowest BCUT2D eigenvalue weighted by molar-refractivity contribution is 0.0940. The van der Waals surface area contributed by atoms with Crippen LogP contribution in [0.15, 0.2) is 24.4 Å². The van der Waals surface area contributed by atoms with E-state index in [1.165, 1.54) is 10.4 Å². The van der Waals surface area contributed by atoms with Crippen molar-refractivity contribution in [2.45, 2.75) is 32.7 Å². The number of hydrogen-bond donors (Lipinski definition) is 2. The second-order valence-electron chi connectivity index (χ2n) is 5.26. The van der Waals surface area contributed by atoms with Crippen molar-refractivity contribution < 1.29 is 4.79 Å². The van der Waals surface area contributed by atoms with Gasteiger partial charge in [0.25, 0.3) is 5.91 Å². The number of anilines is 1. The molecule has 1 aliphatic rings. The van der Waals surface area contributed by atoms with Gasteiger partial charge in [-0.1, -0.05) is 13.0 Å². The number of thiazole rings is 1. The summed E-state index contributed by atoms with van der Waals surface area (Å²) in [6.07, 6.45) is 3.91. The minimum Gasteiger partial charge on any atom is -0.384 e. The maximum absolute atomic E-state index is 12.3. The number of fused-ring (bicyclic) bond motifs is 1. The van der Waals surface area contributed by atoms with Gasteiger partial charge in [-0.15, -0.1) is 11.3 Å². The third kappa shape index (κ3) is 2.93. The molecule has 0 aliphatic carbocycles. The van der Waals surface area contributed by atoms with Gasteiger partial charge in [0, 0.05) is 28.9 Å². The summed E-state index contributed by atoms with van der Waals surface area (Å²) in [6, 6.07) is 5.80. The zero-order valence-corrected chi connectivity index (χ0v) is 13.1. The van der Waals surface area contributed by atoms with Gasteiger partial charge in [-0.25, -0.2) is 4.98 Å². The fourth-order valence-corrected chi connectivity index (χ4v) is 3.32. The van der Waals surface area contributed by atoms with Crippen molar-refractivity contribution in [1.82, 2.24) is 10.3 Å². The van der Waals surface area contributed by atoms with Crippen molar-refractivity contribution in [2.24, 2.45) is 0 Å². The zero-order valence-electron chi connectivity index (χ0n) is 12.3. The first kappa shape index (κ1) is 14.1. The SMILES string of the molecule is CCc1cnc(C(C)NC(=O)c2ccc3c(c2)NCC3)s1. The average Bonchev–Trinajstić information content (AvgIpc) is 3.15. The Morgan fingerprint density at radius 1 is 1.52 bits per heavy atom. The number of nitrogens with zero attached hydrogens (tertiary/aromatic N) is 1. The van der Waals surface area contributed by atoms with Gasteiger partial charge in [-0.2, -0.15) is 0 Å². The summed E-state index contributed by atoms with van der Waals surface area (Å²) in [5.74, 6) is -0.0488. The van der Waals surface area contributed by atoms with E-state index in [-0.39, 0.29) is 11.9 Å². The summed E-state index contributed by atoms with van der Waals surface area (Å²) < 4.78 is 0. The highest BCUT2D eigenvalue weighted by atomic mass is 32.1. The van der Waals surface area contributed by atoms with E-state index in [9.17, 15) is 4.79 Å². The van der Waals surface area contributed by atoms with Crippen molar-refractivity contribution in [3.63, 3.8) is 0 Å². The molecule has 0 radical (unpaired) electrons. The lowest BCUT2D eigenvalue weighted by Crippen LogP contribution is -2.26. The van der Waals surface area contributed by atoms with Crippen molar-refractivity contribution in [3.8, 4) is 0 Å². The molecule has 1 atom stereocenters. The third-order valence-electron chi connectivity index (χ3n) is 3.72. The number of amides is 1. The molecular formula is C16H19N3OS. The third-order valence-corrected chi connectivity index (χ3v) is 5.04. The monoisotopic (exact) mass is 301 g/mol. The van der Waals surface area contributed by atoms with Crippen molar-refractivity contribution in [1.29, 1.82) is 0 Å². The first-order chi connectivity index (χ1) is 10.2. The number of aromatic nitrogens is 1. The predicted octanol–water partition coefficient (Wildman–Crippen LogP) is 3.16. The Labute approximate surface area is 128 Å². The van der Waals surface area contributed by atoms with E-state index >= 15 is 0 Å². The molecule has 1 aromatic heterocycles. The summed E-state index contributed by atoms with van der Waals surface area (Å²) in [4.78, 5) is 18.0. The molecular weight excluding hydrogens is 282 g/mol. The molecule has 4 nitrogen and oxygen atoms in total. The Bertz CT molecular complexity index is 665. The highest BCUT2D eigenvalue weighted by Gasteiger charge is 2.17. The summed E-state index contributed by atoms with van der Waals surface area (Å²) >= 11 is 1.66. The number of rotatable bonds is 4. The van der Waals surface area contributed by atoms with Crippen LogP contribution in [-0.4, -0.2) is 17.4 Å². The minimum atomic E-state index is -0.0657. The molecule has 3 rings (SSSR count). The number of nitrogens with one attached hydrogen (secondary N) is 2. The summed E-state index contributed by atoms with van der Waals surface area (Å²) in [5, 5.41) is 7.28. The lowest BCUT2D eigenvalue weighted by Gasteiger charge is -2.12. The lowest BCUT2D eigenvalue weighted by atomic mass is 10.1. The fourth-order valence-electron chi connectivity index (χ4n) is 2.46. The van der Waals surface area contributed by atoms with Crippen LogP contribution in [0, 0.1) is 0 Å². The number of aryl methyl sites for hydroxylation is 1. The summed E-state index contributed by atoms with van der Waals surface area (Å²) in [6.45, 7) is 5.04. The normalized spacial score (nSPS) is 14.4. The van der Waals surface area contributed by atoms with Crippen molar-refractivity contribution in [2.75, 3.05) is 11.9 Å². The first-order valence-corrected chi connectivity index (χ1v) is 8.11. The van der Waals surface area contributed by atoms with Crippen LogP contribution in [0.3, 0.4) is 0 Å². The summed E-state index contributed by atoms with van der Waals surface area (Å²) in [5.41, 5.74) is 3.06. The Hall–Kier alpha value is -1.88. The predicted molar refractivity (Wildman–Crippen MR) is 86.0 cm³/mol. The van der Waals surface area contributed by atoms with Crippen LogP contribution in [0.25, 0.3) is 0 Å². The van der Waals surface area contributed by atoms with Gasteiger partial charge in [0.1, 0.15) is 5.01 Å². The Morgan fingerprint density at radius 2 is 2.38 bits per heavy atom. The molecule has 1 amide bonds. The molecule has 5 heteroatoms. The second-order valence-corrected chi connectivity index (χ2v) is 6.41. The second kappa shape index (κ2) is 5.85. The topological polar surface area (TPSA) is 54.0 Å². The van der Waals surface area contributed by atoms with Gasteiger partial charge in [0.15, 0.2) is 0 Å². The minimum absolute atomic E-state index is 0.0488. The van der Waals surface area contributed by atoms with E-state index in [0.29, 0.717) is 5.56 Å². The van der Waals surface area contributed by atoms with E-state index in [0.717, 1.165) is 30.1 Å². The quantitative estimate of drug-likeness (QED) is 0.912. The van der Waals surface area contributed by atoms with Crippen LogP contribution in [0.4, 0.5) is 5.69 Å². The highest BCUT2D eigenvalue weighted by Crippen LogP contribution is 2.24. The molecule has 0 spiro atoms. The number of carbonyl (C=O) groups excluding carboxylic acids is 1. The van der Waals surface area contributed by atoms with E-state index < -0.39 is 0 Å².